The second-order valence-electron chi connectivity index (χ2n) is 3.56. The summed E-state index contributed by atoms with van der Waals surface area (Å²) in [6, 6.07) is 0. The molecule has 0 aromatic carbocycles. The van der Waals surface area contributed by atoms with Gasteiger partial charge in [-0.3, -0.25) is 14.4 Å². The van der Waals surface area contributed by atoms with Gasteiger partial charge >= 0.3 is 5.97 Å². The van der Waals surface area contributed by atoms with Crippen molar-refractivity contribution in [3.63, 3.8) is 0 Å². The molecule has 0 radical (unpaired) electrons. The van der Waals surface area contributed by atoms with Crippen LogP contribution in [0.3, 0.4) is 0 Å². The van der Waals surface area contributed by atoms with E-state index in [1.54, 1.807) is 6.92 Å². The first-order valence-corrected chi connectivity index (χ1v) is 6.91. The van der Waals surface area contributed by atoms with Gasteiger partial charge in [0.2, 0.25) is 0 Å². The summed E-state index contributed by atoms with van der Waals surface area (Å²) < 4.78 is 4.74. The number of carbonyl (C=O) groups excluding carboxylic acids is 3. The van der Waals surface area contributed by atoms with Crippen molar-refractivity contribution in [2.24, 2.45) is 0 Å². The van der Waals surface area contributed by atoms with Gasteiger partial charge in [-0.2, -0.15) is 0 Å². The Morgan fingerprint density at radius 3 is 2.29 bits per heavy atom. The highest BCUT2D eigenvalue weighted by Crippen LogP contribution is 2.10. The zero-order valence-electron chi connectivity index (χ0n) is 10.5. The molecule has 0 atom stereocenters. The minimum atomic E-state index is -0.283. The Balaban J connectivity index is 3.53. The second-order valence-corrected chi connectivity index (χ2v) is 4.72. The molecule has 0 saturated carbocycles. The van der Waals surface area contributed by atoms with Crippen LogP contribution in [-0.2, 0) is 19.1 Å². The summed E-state index contributed by atoms with van der Waals surface area (Å²) in [5.74, 6) is 0.279. The highest BCUT2D eigenvalue weighted by Gasteiger charge is 2.08. The maximum absolute atomic E-state index is 11.3. The van der Waals surface area contributed by atoms with Crippen molar-refractivity contribution in [3.8, 4) is 0 Å². The summed E-state index contributed by atoms with van der Waals surface area (Å²) in [7, 11) is 0. The van der Waals surface area contributed by atoms with Gasteiger partial charge in [-0.15, -0.1) is 0 Å². The van der Waals surface area contributed by atoms with Crippen molar-refractivity contribution in [3.05, 3.63) is 0 Å². The van der Waals surface area contributed by atoms with Crippen molar-refractivity contribution >= 4 is 28.6 Å². The molecule has 0 amide bonds. The number of Topliss-reactive ketones (excluding diaryl/α,β-unsaturated/α-hetero) is 1. The van der Waals surface area contributed by atoms with E-state index in [2.05, 4.69) is 0 Å². The van der Waals surface area contributed by atoms with Gasteiger partial charge in [0.15, 0.2) is 5.12 Å². The largest absolute Gasteiger partial charge is 0.466 e. The van der Waals surface area contributed by atoms with E-state index in [1.807, 2.05) is 6.92 Å². The molecule has 0 spiro atoms. The summed E-state index contributed by atoms with van der Waals surface area (Å²) in [5.41, 5.74) is 0. The number of ether oxygens (including phenoxy) is 1. The van der Waals surface area contributed by atoms with Crippen molar-refractivity contribution in [1.82, 2.24) is 0 Å². The molecule has 0 aliphatic carbocycles. The van der Waals surface area contributed by atoms with Crippen LogP contribution in [0, 0.1) is 0 Å². The van der Waals surface area contributed by atoms with Crippen LogP contribution in [0.2, 0.25) is 0 Å². The van der Waals surface area contributed by atoms with Gasteiger partial charge < -0.3 is 4.74 Å². The average Bonchev–Trinajstić information content (AvgIpc) is 2.27. The maximum Gasteiger partial charge on any atom is 0.306 e. The zero-order chi connectivity index (χ0) is 13.1. The first-order valence-electron chi connectivity index (χ1n) is 5.93. The van der Waals surface area contributed by atoms with Crippen molar-refractivity contribution in [2.75, 3.05) is 12.4 Å². The van der Waals surface area contributed by atoms with Crippen LogP contribution in [0.4, 0.5) is 0 Å². The summed E-state index contributed by atoms with van der Waals surface area (Å²) in [4.78, 5) is 33.5. The molecule has 4 nitrogen and oxygen atoms in total. The normalized spacial score (nSPS) is 10.0. The monoisotopic (exact) mass is 260 g/mol. The Morgan fingerprint density at radius 1 is 1.00 bits per heavy atom. The summed E-state index contributed by atoms with van der Waals surface area (Å²) in [6.45, 7) is 4.05. The van der Waals surface area contributed by atoms with Gasteiger partial charge in [0, 0.05) is 25.0 Å². The number of hydrogen-bond donors (Lipinski definition) is 0. The van der Waals surface area contributed by atoms with Crippen molar-refractivity contribution in [2.45, 2.75) is 46.0 Å². The van der Waals surface area contributed by atoms with Crippen LogP contribution in [0.25, 0.3) is 0 Å². The number of rotatable bonds is 9. The Bertz CT molecular complexity index is 263. The third-order valence-electron chi connectivity index (χ3n) is 2.01. The predicted molar refractivity (Wildman–Crippen MR) is 67.9 cm³/mol. The van der Waals surface area contributed by atoms with Crippen LogP contribution in [0.15, 0.2) is 0 Å². The van der Waals surface area contributed by atoms with E-state index in [0.29, 0.717) is 25.2 Å². The van der Waals surface area contributed by atoms with Gasteiger partial charge in [0.05, 0.1) is 13.0 Å². The van der Waals surface area contributed by atoms with E-state index in [1.165, 1.54) is 0 Å². The quantitative estimate of drug-likeness (QED) is 0.595. The average molecular weight is 260 g/mol. The van der Waals surface area contributed by atoms with Crippen LogP contribution in [0.1, 0.15) is 46.0 Å². The fraction of sp³-hybridized carbons (Fsp3) is 0.750. The lowest BCUT2D eigenvalue weighted by Crippen LogP contribution is -2.06. The lowest BCUT2D eigenvalue weighted by molar-refractivity contribution is -0.142. The Kier molecular flexibility index (Phi) is 9.81. The lowest BCUT2D eigenvalue weighted by atomic mass is 10.1. The second kappa shape index (κ2) is 10.3. The minimum absolute atomic E-state index is 0.0289. The molecule has 0 aromatic heterocycles. The Morgan fingerprint density at radius 2 is 1.71 bits per heavy atom. The first kappa shape index (κ1) is 16.2. The number of carbonyl (C=O) groups is 3. The highest BCUT2D eigenvalue weighted by atomic mass is 32.2. The number of hydrogen-bond acceptors (Lipinski definition) is 5. The molecule has 0 aromatic rings. The summed E-state index contributed by atoms with van der Waals surface area (Å²) >= 11 is 1.10. The van der Waals surface area contributed by atoms with Crippen LogP contribution < -0.4 is 0 Å². The van der Waals surface area contributed by atoms with Gasteiger partial charge in [0.1, 0.15) is 5.78 Å². The third-order valence-corrected chi connectivity index (χ3v) is 2.95. The molecule has 0 N–H and O–H groups in total. The SMILES string of the molecule is CCCC(=O)CCC(=O)SCCC(=O)OCC. The fourth-order valence-electron chi connectivity index (χ4n) is 1.20. The molecular formula is C12H20O4S. The van der Waals surface area contributed by atoms with Gasteiger partial charge in [-0.05, 0) is 13.3 Å². The van der Waals surface area contributed by atoms with Crippen molar-refractivity contribution in [1.29, 1.82) is 0 Å². The molecule has 0 aliphatic rings. The predicted octanol–water partition coefficient (Wildman–Crippen LogP) is 2.35. The molecule has 0 fully saturated rings. The fourth-order valence-corrected chi connectivity index (χ4v) is 1.94. The molecule has 0 bridgehead atoms. The van der Waals surface area contributed by atoms with E-state index in [9.17, 15) is 14.4 Å². The molecule has 0 unspecified atom stereocenters. The van der Waals surface area contributed by atoms with E-state index < -0.39 is 0 Å². The smallest absolute Gasteiger partial charge is 0.306 e. The van der Waals surface area contributed by atoms with E-state index >= 15 is 0 Å². The molecular weight excluding hydrogens is 240 g/mol. The number of thioether (sulfide) groups is 1. The van der Waals surface area contributed by atoms with Gasteiger partial charge in [-0.1, -0.05) is 18.7 Å². The van der Waals surface area contributed by atoms with Gasteiger partial charge in [0.25, 0.3) is 0 Å². The topological polar surface area (TPSA) is 60.4 Å². The molecule has 0 heterocycles. The molecule has 5 heteroatoms. The minimum Gasteiger partial charge on any atom is -0.466 e. The highest BCUT2D eigenvalue weighted by molar-refractivity contribution is 8.13. The molecule has 0 aliphatic heterocycles. The lowest BCUT2D eigenvalue weighted by Gasteiger charge is -2.01. The standard InChI is InChI=1S/C12H20O4S/c1-3-5-10(13)6-7-12(15)17-9-8-11(14)16-4-2/h3-9H2,1-2H3. The van der Waals surface area contributed by atoms with Crippen LogP contribution >= 0.6 is 11.8 Å². The van der Waals surface area contributed by atoms with E-state index in [4.69, 9.17) is 4.74 Å². The van der Waals surface area contributed by atoms with Crippen LogP contribution in [-0.4, -0.2) is 29.2 Å². The molecule has 17 heavy (non-hydrogen) atoms. The summed E-state index contributed by atoms with van der Waals surface area (Å²) in [6.07, 6.45) is 2.20. The van der Waals surface area contributed by atoms with Crippen molar-refractivity contribution < 1.29 is 19.1 Å². The molecule has 0 saturated heterocycles. The van der Waals surface area contributed by atoms with E-state index in [-0.39, 0.29) is 29.7 Å². The summed E-state index contributed by atoms with van der Waals surface area (Å²) in [5, 5.41) is -0.0289. The molecule has 98 valence electrons. The Hall–Kier alpha value is -0.840. The zero-order valence-corrected chi connectivity index (χ0v) is 11.3. The number of ketones is 1. The Labute approximate surface area is 106 Å². The molecule has 0 rings (SSSR count). The van der Waals surface area contributed by atoms with Gasteiger partial charge in [-0.25, -0.2) is 0 Å². The third kappa shape index (κ3) is 10.1. The van der Waals surface area contributed by atoms with E-state index in [0.717, 1.165) is 18.2 Å². The van der Waals surface area contributed by atoms with Crippen LogP contribution in [0.5, 0.6) is 0 Å². The first-order chi connectivity index (χ1) is 8.10. The number of esters is 1. The maximum atomic E-state index is 11.3.